The zero-order valence-corrected chi connectivity index (χ0v) is 26.6. The van der Waals surface area contributed by atoms with Gasteiger partial charge < -0.3 is 8.83 Å². The maximum Gasteiger partial charge on any atom is 0.164 e. The van der Waals surface area contributed by atoms with Crippen LogP contribution in [0, 0.1) is 0 Å². The molecule has 3 aromatic heterocycles. The molecule has 0 N–H and O–H groups in total. The van der Waals surface area contributed by atoms with E-state index in [1.54, 1.807) is 0 Å². The van der Waals surface area contributed by atoms with Gasteiger partial charge in [-0.15, -0.1) is 0 Å². The van der Waals surface area contributed by atoms with Gasteiger partial charge in [0.2, 0.25) is 0 Å². The molecular weight excluding hydrogens is 626 g/mol. The number of fused-ring (bicyclic) bond motifs is 7. The Bertz CT molecular complexity index is 2910. The van der Waals surface area contributed by atoms with Crippen LogP contribution in [0.25, 0.3) is 99.9 Å². The molecule has 0 spiro atoms. The van der Waals surface area contributed by atoms with E-state index in [-0.39, 0.29) is 0 Å². The maximum absolute atomic E-state index is 6.77. The van der Waals surface area contributed by atoms with Gasteiger partial charge in [-0.05, 0) is 58.3 Å². The van der Waals surface area contributed by atoms with Crippen LogP contribution in [-0.4, -0.2) is 15.0 Å². The largest absolute Gasteiger partial charge is 0.456 e. The molecule has 0 fully saturated rings. The summed E-state index contributed by atoms with van der Waals surface area (Å²) in [5.74, 6) is 1.73. The van der Waals surface area contributed by atoms with Crippen molar-refractivity contribution in [3.05, 3.63) is 151 Å². The van der Waals surface area contributed by atoms with Crippen molar-refractivity contribution in [1.29, 1.82) is 0 Å². The highest BCUT2D eigenvalue weighted by Crippen LogP contribution is 2.43. The van der Waals surface area contributed by atoms with E-state index in [1.165, 1.54) is 0 Å². The van der Waals surface area contributed by atoms with Crippen LogP contribution >= 0.6 is 11.6 Å². The van der Waals surface area contributed by atoms with Crippen LogP contribution in [0.3, 0.4) is 0 Å². The Morgan fingerprint density at radius 2 is 0.980 bits per heavy atom. The van der Waals surface area contributed by atoms with Crippen molar-refractivity contribution in [2.45, 2.75) is 0 Å². The number of nitrogens with zero attached hydrogens (tertiary/aromatic N) is 3. The topological polar surface area (TPSA) is 65.0 Å². The van der Waals surface area contributed by atoms with E-state index >= 15 is 0 Å². The Hall–Kier alpha value is -6.30. The molecule has 10 rings (SSSR count). The summed E-state index contributed by atoms with van der Waals surface area (Å²) in [6, 6.07) is 48.8. The number of hydrogen-bond donors (Lipinski definition) is 0. The summed E-state index contributed by atoms with van der Waals surface area (Å²) in [7, 11) is 0. The van der Waals surface area contributed by atoms with Gasteiger partial charge in [0, 0.05) is 49.3 Å². The lowest BCUT2D eigenvalue weighted by Gasteiger charge is -2.13. The van der Waals surface area contributed by atoms with Crippen molar-refractivity contribution in [2.75, 3.05) is 0 Å². The van der Waals surface area contributed by atoms with E-state index in [0.29, 0.717) is 22.5 Å². The molecule has 0 aliphatic heterocycles. The van der Waals surface area contributed by atoms with Crippen molar-refractivity contribution in [2.24, 2.45) is 0 Å². The van der Waals surface area contributed by atoms with Crippen LogP contribution in [0.4, 0.5) is 0 Å². The monoisotopic (exact) mass is 649 g/mol. The predicted octanol–water partition coefficient (Wildman–Crippen LogP) is 12.1. The Kier molecular flexibility index (Phi) is 6.16. The van der Waals surface area contributed by atoms with Gasteiger partial charge in [0.25, 0.3) is 0 Å². The highest BCUT2D eigenvalue weighted by molar-refractivity contribution is 6.32. The van der Waals surface area contributed by atoms with E-state index in [9.17, 15) is 0 Å². The fourth-order valence-corrected chi connectivity index (χ4v) is 7.21. The number of halogens is 1. The fraction of sp³-hybridized carbons (Fsp3) is 0. The molecule has 0 saturated heterocycles. The Morgan fingerprint density at radius 1 is 0.388 bits per heavy atom. The summed E-state index contributed by atoms with van der Waals surface area (Å²) in [6.45, 7) is 0. The normalized spacial score (nSPS) is 11.8. The second kappa shape index (κ2) is 10.9. The number of hydrogen-bond acceptors (Lipinski definition) is 5. The molecule has 49 heavy (non-hydrogen) atoms. The van der Waals surface area contributed by atoms with Crippen molar-refractivity contribution in [3.63, 3.8) is 0 Å². The molecule has 0 unspecified atom stereocenters. The minimum atomic E-state index is 0.566. The lowest BCUT2D eigenvalue weighted by atomic mass is 9.92. The Morgan fingerprint density at radius 3 is 1.76 bits per heavy atom. The molecule has 0 saturated carbocycles. The molecule has 7 aromatic carbocycles. The second-order valence-electron chi connectivity index (χ2n) is 12.1. The molecule has 3 heterocycles. The van der Waals surface area contributed by atoms with Crippen LogP contribution in [0.2, 0.25) is 5.02 Å². The van der Waals surface area contributed by atoms with Gasteiger partial charge in [0.05, 0.1) is 0 Å². The SMILES string of the molecule is Clc1cc(-c2cc(-c3nc(-c4ccccc4)nc(-c4cccc5oc6ccccc6c45)n3)cc3ccccc23)c2c(c1)oc1ccccc12. The summed E-state index contributed by atoms with van der Waals surface area (Å²) >= 11 is 6.77. The Labute approximate surface area is 285 Å². The average molecular weight is 650 g/mol. The summed E-state index contributed by atoms with van der Waals surface area (Å²) in [5.41, 5.74) is 7.80. The molecule has 0 aliphatic carbocycles. The minimum absolute atomic E-state index is 0.566. The molecule has 6 heteroatoms. The average Bonchev–Trinajstić information content (AvgIpc) is 3.72. The Balaban J connectivity index is 1.27. The standard InChI is InChI=1S/C43H24ClN3O2/c44-28-23-34(40-31-16-7-9-19-36(31)49-38(40)24-28)33-22-27(21-26-13-4-5-14-29(26)33)42-45-41(25-11-2-1-3-12-25)46-43(47-42)32-17-10-20-37-39(32)30-15-6-8-18-35(30)48-37/h1-24H. The van der Waals surface area contributed by atoms with Crippen LogP contribution in [0.15, 0.2) is 154 Å². The number of furan rings is 2. The number of rotatable bonds is 4. The molecular formula is C43H24ClN3O2. The second-order valence-corrected chi connectivity index (χ2v) is 12.6. The van der Waals surface area contributed by atoms with Crippen molar-refractivity contribution in [1.82, 2.24) is 15.0 Å². The van der Waals surface area contributed by atoms with Gasteiger partial charge in [0.1, 0.15) is 22.3 Å². The summed E-state index contributed by atoms with van der Waals surface area (Å²) in [5, 5.41) is 6.79. The van der Waals surface area contributed by atoms with Gasteiger partial charge >= 0.3 is 0 Å². The molecule has 10 aromatic rings. The smallest absolute Gasteiger partial charge is 0.164 e. The zero-order chi connectivity index (χ0) is 32.5. The summed E-state index contributed by atoms with van der Waals surface area (Å²) in [4.78, 5) is 15.4. The van der Waals surface area contributed by atoms with E-state index in [1.807, 2.05) is 91.0 Å². The van der Waals surface area contributed by atoms with Gasteiger partial charge in [-0.2, -0.15) is 0 Å². The first-order valence-corrected chi connectivity index (χ1v) is 16.4. The first-order valence-electron chi connectivity index (χ1n) is 16.0. The van der Waals surface area contributed by atoms with E-state index in [4.69, 9.17) is 35.4 Å². The molecule has 5 nitrogen and oxygen atoms in total. The minimum Gasteiger partial charge on any atom is -0.456 e. The van der Waals surface area contributed by atoms with Crippen LogP contribution in [-0.2, 0) is 0 Å². The highest BCUT2D eigenvalue weighted by atomic mass is 35.5. The fourth-order valence-electron chi connectivity index (χ4n) is 7.00. The predicted molar refractivity (Wildman–Crippen MR) is 199 cm³/mol. The third-order valence-electron chi connectivity index (χ3n) is 9.16. The molecule has 0 bridgehead atoms. The van der Waals surface area contributed by atoms with Crippen LogP contribution < -0.4 is 0 Å². The van der Waals surface area contributed by atoms with Crippen LogP contribution in [0.5, 0.6) is 0 Å². The first-order chi connectivity index (χ1) is 24.2. The molecule has 0 radical (unpaired) electrons. The summed E-state index contributed by atoms with van der Waals surface area (Å²) in [6.07, 6.45) is 0. The quantitative estimate of drug-likeness (QED) is 0.190. The number of para-hydroxylation sites is 2. The molecule has 0 amide bonds. The van der Waals surface area contributed by atoms with Crippen molar-refractivity contribution >= 4 is 66.3 Å². The maximum atomic E-state index is 6.77. The van der Waals surface area contributed by atoms with Gasteiger partial charge in [-0.25, -0.2) is 15.0 Å². The van der Waals surface area contributed by atoms with Crippen LogP contribution in [0.1, 0.15) is 0 Å². The van der Waals surface area contributed by atoms with E-state index in [2.05, 4.69) is 54.6 Å². The van der Waals surface area contributed by atoms with E-state index < -0.39 is 0 Å². The van der Waals surface area contributed by atoms with Crippen molar-refractivity contribution < 1.29 is 8.83 Å². The third-order valence-corrected chi connectivity index (χ3v) is 9.38. The number of benzene rings is 7. The third kappa shape index (κ3) is 4.51. The summed E-state index contributed by atoms with van der Waals surface area (Å²) < 4.78 is 12.5. The zero-order valence-electron chi connectivity index (χ0n) is 25.9. The van der Waals surface area contributed by atoms with Gasteiger partial charge in [-0.3, -0.25) is 0 Å². The molecule has 0 aliphatic rings. The van der Waals surface area contributed by atoms with Crippen molar-refractivity contribution in [3.8, 4) is 45.3 Å². The van der Waals surface area contributed by atoms with E-state index in [0.717, 1.165) is 82.5 Å². The lowest BCUT2D eigenvalue weighted by molar-refractivity contribution is 0.668. The number of aromatic nitrogens is 3. The first kappa shape index (κ1) is 27.8. The highest BCUT2D eigenvalue weighted by Gasteiger charge is 2.20. The van der Waals surface area contributed by atoms with Gasteiger partial charge in [0.15, 0.2) is 17.5 Å². The van der Waals surface area contributed by atoms with Gasteiger partial charge in [-0.1, -0.05) is 115 Å². The molecule has 0 atom stereocenters. The molecule has 230 valence electrons. The lowest BCUT2D eigenvalue weighted by Crippen LogP contribution is -2.01.